The monoisotopic (exact) mass is 756 g/mol. The standard InChI is InChI=1S/C40H43F3N8O4/c1-23-6-13-31-36(48(2)39(55)51(31)32-14-15-34(52)46-38(32)54)35(23)25-16-18-49(19-17-25)21-24-7-10-28(11-8-24)50-22-26-20-27(9-12-29(26)47-50)44-37(53)30-4-3-5-33(45-30)40(41,42)43/h3-6,9,12-13,20,22,24-25,28,32H,7-8,10-11,14-19,21H2,1-2H3,(H,44,53)(H,46,52,54)/t24-,28-,32?. The Morgan fingerprint density at radius 2 is 1.73 bits per heavy atom. The van der Waals surface area contributed by atoms with E-state index in [2.05, 4.69) is 27.4 Å². The number of imidazole rings is 1. The number of pyridine rings is 1. The Morgan fingerprint density at radius 3 is 2.45 bits per heavy atom. The summed E-state index contributed by atoms with van der Waals surface area (Å²) in [6.07, 6.45) is 3.97. The zero-order valence-electron chi connectivity index (χ0n) is 30.7. The zero-order valence-corrected chi connectivity index (χ0v) is 30.7. The number of anilines is 1. The molecule has 2 aromatic carbocycles. The highest BCUT2D eigenvalue weighted by molar-refractivity contribution is 6.04. The van der Waals surface area contributed by atoms with Crippen LogP contribution >= 0.6 is 0 Å². The van der Waals surface area contributed by atoms with Gasteiger partial charge in [-0.15, -0.1) is 0 Å². The van der Waals surface area contributed by atoms with Crippen LogP contribution in [0, 0.1) is 12.8 Å². The second kappa shape index (κ2) is 14.4. The number of amides is 3. The lowest BCUT2D eigenvalue weighted by molar-refractivity contribution is -0.141. The number of piperidine rings is 2. The summed E-state index contributed by atoms with van der Waals surface area (Å²) in [5, 5.41) is 10.7. The number of benzene rings is 2. The molecule has 55 heavy (non-hydrogen) atoms. The first-order chi connectivity index (χ1) is 26.3. The fraction of sp³-hybridized carbons (Fsp3) is 0.450. The first-order valence-electron chi connectivity index (χ1n) is 18.9. The maximum absolute atomic E-state index is 13.5. The molecule has 1 atom stereocenters. The molecule has 12 nitrogen and oxygen atoms in total. The van der Waals surface area contributed by atoms with Crippen molar-refractivity contribution in [2.45, 2.75) is 82.5 Å². The van der Waals surface area contributed by atoms with E-state index in [4.69, 9.17) is 5.10 Å². The first-order valence-corrected chi connectivity index (χ1v) is 18.9. The summed E-state index contributed by atoms with van der Waals surface area (Å²) in [5.74, 6) is -0.581. The number of hydrogen-bond acceptors (Lipinski definition) is 7. The van der Waals surface area contributed by atoms with Crippen LogP contribution < -0.4 is 16.3 Å². The summed E-state index contributed by atoms with van der Waals surface area (Å²) in [6, 6.07) is 12.0. The summed E-state index contributed by atoms with van der Waals surface area (Å²) in [6.45, 7) is 5.07. The van der Waals surface area contributed by atoms with Crippen LogP contribution in [0.1, 0.15) is 96.7 Å². The van der Waals surface area contributed by atoms with Crippen molar-refractivity contribution in [3.05, 3.63) is 87.7 Å². The molecule has 5 heterocycles. The summed E-state index contributed by atoms with van der Waals surface area (Å²) in [7, 11) is 1.77. The van der Waals surface area contributed by atoms with Gasteiger partial charge in [-0.2, -0.15) is 18.3 Å². The summed E-state index contributed by atoms with van der Waals surface area (Å²) < 4.78 is 44.5. The maximum atomic E-state index is 13.5. The minimum atomic E-state index is -4.64. The van der Waals surface area contributed by atoms with E-state index in [1.165, 1.54) is 11.6 Å². The second-order valence-electron chi connectivity index (χ2n) is 15.3. The Bertz CT molecular complexity index is 2360. The topological polar surface area (TPSA) is 136 Å². The largest absolute Gasteiger partial charge is 0.433 e. The quantitative estimate of drug-likeness (QED) is 0.188. The number of imide groups is 1. The van der Waals surface area contributed by atoms with E-state index in [0.29, 0.717) is 23.9 Å². The smallest absolute Gasteiger partial charge is 0.321 e. The minimum absolute atomic E-state index is 0.208. The van der Waals surface area contributed by atoms with E-state index in [9.17, 15) is 32.3 Å². The normalized spacial score (nSPS) is 21.7. The van der Waals surface area contributed by atoms with E-state index < -0.39 is 29.7 Å². The van der Waals surface area contributed by atoms with Gasteiger partial charge < -0.3 is 10.2 Å². The van der Waals surface area contributed by atoms with E-state index >= 15 is 0 Å². The Balaban J connectivity index is 0.868. The third-order valence-electron chi connectivity index (χ3n) is 11.8. The minimum Gasteiger partial charge on any atom is -0.321 e. The van der Waals surface area contributed by atoms with Gasteiger partial charge in [0.1, 0.15) is 17.4 Å². The van der Waals surface area contributed by atoms with E-state index in [1.807, 2.05) is 23.0 Å². The predicted molar refractivity (Wildman–Crippen MR) is 200 cm³/mol. The van der Waals surface area contributed by atoms with Gasteiger partial charge >= 0.3 is 11.9 Å². The molecule has 3 fully saturated rings. The van der Waals surface area contributed by atoms with Crippen LogP contribution in [-0.4, -0.2) is 66.2 Å². The molecule has 3 aromatic heterocycles. The fourth-order valence-electron chi connectivity index (χ4n) is 8.93. The first kappa shape index (κ1) is 36.7. The summed E-state index contributed by atoms with van der Waals surface area (Å²) in [4.78, 5) is 56.8. The number of nitrogens with zero attached hydrogens (tertiary/aromatic N) is 6. The SMILES string of the molecule is Cc1ccc2c(c1C1CCN(C[C@H]3CC[C@H](n4cc5cc(NC(=O)c6cccc(C(F)(F)F)n6)ccc5n4)CC3)CC1)n(C)c(=O)n2C1CCC(=O)NC1=O. The van der Waals surface area contributed by atoms with Crippen molar-refractivity contribution in [1.29, 1.82) is 0 Å². The van der Waals surface area contributed by atoms with Crippen molar-refractivity contribution in [3.8, 4) is 0 Å². The third-order valence-corrected chi connectivity index (χ3v) is 11.8. The Kier molecular flexibility index (Phi) is 9.60. The van der Waals surface area contributed by atoms with Gasteiger partial charge in [0.2, 0.25) is 11.8 Å². The van der Waals surface area contributed by atoms with Crippen LogP contribution in [0.2, 0.25) is 0 Å². The molecular formula is C40H43F3N8O4. The van der Waals surface area contributed by atoms with Crippen LogP contribution in [-0.2, 0) is 22.8 Å². The van der Waals surface area contributed by atoms with Crippen LogP contribution in [0.15, 0.2) is 59.5 Å². The van der Waals surface area contributed by atoms with Crippen molar-refractivity contribution < 1.29 is 27.6 Å². The highest BCUT2D eigenvalue weighted by Gasteiger charge is 2.35. The number of likely N-dealkylation sites (tertiary alicyclic amines) is 1. The van der Waals surface area contributed by atoms with Crippen LogP contribution in [0.3, 0.4) is 0 Å². The molecule has 0 spiro atoms. The van der Waals surface area contributed by atoms with Crippen LogP contribution in [0.5, 0.6) is 0 Å². The second-order valence-corrected chi connectivity index (χ2v) is 15.3. The van der Waals surface area contributed by atoms with E-state index in [1.54, 1.807) is 34.4 Å². The van der Waals surface area contributed by atoms with Gasteiger partial charge in [-0.1, -0.05) is 12.1 Å². The van der Waals surface area contributed by atoms with Crippen molar-refractivity contribution in [1.82, 2.24) is 34.1 Å². The molecule has 1 saturated carbocycles. The van der Waals surface area contributed by atoms with Gasteiger partial charge in [0, 0.05) is 37.3 Å². The lowest BCUT2D eigenvalue weighted by Crippen LogP contribution is -2.44. The number of fused-ring (bicyclic) bond motifs is 2. The number of aromatic nitrogens is 5. The van der Waals surface area contributed by atoms with E-state index in [0.717, 1.165) is 97.8 Å². The van der Waals surface area contributed by atoms with Crippen molar-refractivity contribution >= 4 is 45.3 Å². The third kappa shape index (κ3) is 7.17. The molecule has 2 N–H and O–H groups in total. The van der Waals surface area contributed by atoms with E-state index in [-0.39, 0.29) is 29.8 Å². The van der Waals surface area contributed by atoms with Crippen molar-refractivity contribution in [2.75, 3.05) is 25.0 Å². The molecule has 15 heteroatoms. The van der Waals surface area contributed by atoms with Crippen molar-refractivity contribution in [3.63, 3.8) is 0 Å². The average Bonchev–Trinajstić information content (AvgIpc) is 3.70. The molecule has 288 valence electrons. The molecule has 2 saturated heterocycles. The number of alkyl halides is 3. The molecule has 0 radical (unpaired) electrons. The molecule has 2 aliphatic heterocycles. The van der Waals surface area contributed by atoms with Gasteiger partial charge in [0.15, 0.2) is 0 Å². The number of halogens is 3. The summed E-state index contributed by atoms with van der Waals surface area (Å²) in [5.41, 5.74) is 3.49. The van der Waals surface area contributed by atoms with Crippen LogP contribution in [0.25, 0.3) is 21.9 Å². The average molecular weight is 757 g/mol. The lowest BCUT2D eigenvalue weighted by atomic mass is 9.83. The number of nitrogens with one attached hydrogen (secondary N) is 2. The number of carbonyl (C=O) groups excluding carboxylic acids is 3. The highest BCUT2D eigenvalue weighted by Crippen LogP contribution is 2.38. The number of rotatable bonds is 7. The van der Waals surface area contributed by atoms with Gasteiger partial charge in [0.25, 0.3) is 5.91 Å². The fourth-order valence-corrected chi connectivity index (χ4v) is 8.93. The molecule has 3 aliphatic rings. The van der Waals surface area contributed by atoms with Gasteiger partial charge in [-0.25, -0.2) is 9.78 Å². The number of carbonyl (C=O) groups is 3. The summed E-state index contributed by atoms with van der Waals surface area (Å²) >= 11 is 0. The zero-order chi connectivity index (χ0) is 38.6. The Hall–Kier alpha value is -5.31. The Labute approximate surface area is 314 Å². The molecule has 1 unspecified atom stereocenters. The number of aryl methyl sites for hydroxylation is 2. The molecule has 1 aliphatic carbocycles. The molecule has 3 amide bonds. The molecular weight excluding hydrogens is 713 g/mol. The van der Waals surface area contributed by atoms with Crippen molar-refractivity contribution in [2.24, 2.45) is 13.0 Å². The number of hydrogen-bond donors (Lipinski definition) is 2. The molecule has 8 rings (SSSR count). The van der Waals surface area contributed by atoms with Gasteiger partial charge in [-0.3, -0.25) is 33.5 Å². The lowest BCUT2D eigenvalue weighted by Gasteiger charge is -2.37. The predicted octanol–water partition coefficient (Wildman–Crippen LogP) is 6.25. The highest BCUT2D eigenvalue weighted by atomic mass is 19.4. The van der Waals surface area contributed by atoms with Gasteiger partial charge in [-0.05, 0) is 124 Å². The van der Waals surface area contributed by atoms with Gasteiger partial charge in [0.05, 0.1) is 22.6 Å². The maximum Gasteiger partial charge on any atom is 0.433 e. The van der Waals surface area contributed by atoms with Crippen LogP contribution in [0.4, 0.5) is 18.9 Å². The molecule has 5 aromatic rings. The Morgan fingerprint density at radius 1 is 0.964 bits per heavy atom. The molecule has 0 bridgehead atoms.